The number of nitrogens with zero attached hydrogens (tertiary/aromatic N) is 2. The van der Waals surface area contributed by atoms with Crippen molar-refractivity contribution in [3.8, 4) is 5.75 Å². The third kappa shape index (κ3) is 2.37. The maximum atomic E-state index is 13.1. The quantitative estimate of drug-likeness (QED) is 0.852. The van der Waals surface area contributed by atoms with Gasteiger partial charge >= 0.3 is 0 Å². The number of piperidine rings is 3. The number of rotatable bonds is 3. The molecule has 2 bridgehead atoms. The van der Waals surface area contributed by atoms with Crippen molar-refractivity contribution >= 4 is 5.91 Å². The summed E-state index contributed by atoms with van der Waals surface area (Å²) in [5.74, 6) is 2.31. The second kappa shape index (κ2) is 6.16. The molecule has 4 aliphatic heterocycles. The molecule has 2 aromatic rings. The number of methoxy groups -OCH3 is 1. The van der Waals surface area contributed by atoms with Gasteiger partial charge in [-0.2, -0.15) is 0 Å². The molecule has 3 atom stereocenters. The molecule has 6 rings (SSSR count). The minimum absolute atomic E-state index is 0.0368. The monoisotopic (exact) mass is 352 g/mol. The fourth-order valence-corrected chi connectivity index (χ4v) is 5.34. The Labute approximate surface area is 153 Å². The van der Waals surface area contributed by atoms with Crippen molar-refractivity contribution in [1.29, 1.82) is 0 Å². The number of amides is 1. The number of likely N-dealkylation sites (tertiary alicyclic amines) is 1. The van der Waals surface area contributed by atoms with Gasteiger partial charge in [-0.25, -0.2) is 0 Å². The number of benzene rings is 1. The third-order valence-corrected chi connectivity index (χ3v) is 6.53. The van der Waals surface area contributed by atoms with Crippen LogP contribution in [0.15, 0.2) is 47.1 Å². The summed E-state index contributed by atoms with van der Waals surface area (Å²) in [6.07, 6.45) is 3.97. The molecule has 1 aromatic carbocycles. The van der Waals surface area contributed by atoms with Gasteiger partial charge in [0.25, 0.3) is 5.91 Å². The predicted octanol–water partition coefficient (Wildman–Crippen LogP) is 2.99. The number of hydrogen-bond acceptors (Lipinski definition) is 4. The van der Waals surface area contributed by atoms with Gasteiger partial charge in [0.2, 0.25) is 0 Å². The topological polar surface area (TPSA) is 45.9 Å². The summed E-state index contributed by atoms with van der Waals surface area (Å²) >= 11 is 0. The average molecular weight is 352 g/mol. The van der Waals surface area contributed by atoms with Crippen LogP contribution >= 0.6 is 0 Å². The lowest BCUT2D eigenvalue weighted by Crippen LogP contribution is -2.60. The Morgan fingerprint density at radius 2 is 1.88 bits per heavy atom. The Hall–Kier alpha value is -2.27. The molecule has 4 fully saturated rings. The first-order chi connectivity index (χ1) is 12.8. The lowest BCUT2D eigenvalue weighted by Gasteiger charge is -2.51. The maximum Gasteiger partial charge on any atom is 0.289 e. The number of carbonyl (C=O) groups is 1. The SMILES string of the molecule is COc1ccc([C@@H]2CN(C(=O)c3ccco3)[C@@H]3C4CCN(CC4)[C@@H]32)cc1. The highest BCUT2D eigenvalue weighted by Crippen LogP contribution is 2.47. The summed E-state index contributed by atoms with van der Waals surface area (Å²) in [6.45, 7) is 3.07. The van der Waals surface area contributed by atoms with Crippen LogP contribution in [0, 0.1) is 5.92 Å². The number of ether oxygens (including phenoxy) is 1. The van der Waals surface area contributed by atoms with E-state index in [2.05, 4.69) is 21.9 Å². The van der Waals surface area contributed by atoms with E-state index >= 15 is 0 Å². The van der Waals surface area contributed by atoms with E-state index in [4.69, 9.17) is 9.15 Å². The standard InChI is InChI=1S/C21H24N2O3/c1-25-16-6-4-14(5-7-16)17-13-23(21(24)18-3-2-12-26-18)19-15-8-10-22(11-9-15)20(17)19/h2-7,12,15,17,19-20H,8-11,13H2,1H3/t17-,19+,20+/m0/s1. The van der Waals surface area contributed by atoms with Gasteiger partial charge in [0.15, 0.2) is 5.76 Å². The lowest BCUT2D eigenvalue weighted by atomic mass is 9.75. The minimum Gasteiger partial charge on any atom is -0.497 e. The fraction of sp³-hybridized carbons (Fsp3) is 0.476. The molecule has 0 N–H and O–H groups in total. The second-order valence-electron chi connectivity index (χ2n) is 7.67. The number of carbonyl (C=O) groups excluding carboxylic acids is 1. The Kier molecular flexibility index (Phi) is 3.78. The normalized spacial score (nSPS) is 32.5. The zero-order valence-electron chi connectivity index (χ0n) is 15.0. The van der Waals surface area contributed by atoms with Crippen LogP contribution in [0.1, 0.15) is 34.9 Å². The van der Waals surface area contributed by atoms with Crippen LogP contribution in [0.25, 0.3) is 0 Å². The second-order valence-corrected chi connectivity index (χ2v) is 7.67. The first kappa shape index (κ1) is 15.9. The Morgan fingerprint density at radius 1 is 1.12 bits per heavy atom. The highest BCUT2D eigenvalue weighted by molar-refractivity contribution is 5.92. The molecule has 0 saturated carbocycles. The van der Waals surface area contributed by atoms with E-state index in [9.17, 15) is 4.79 Å². The van der Waals surface area contributed by atoms with Crippen LogP contribution < -0.4 is 4.74 Å². The van der Waals surface area contributed by atoms with Crippen molar-refractivity contribution in [1.82, 2.24) is 9.80 Å². The lowest BCUT2D eigenvalue weighted by molar-refractivity contribution is -0.00428. The van der Waals surface area contributed by atoms with Crippen LogP contribution in [0.3, 0.4) is 0 Å². The molecule has 0 radical (unpaired) electrons. The molecule has 26 heavy (non-hydrogen) atoms. The molecule has 0 spiro atoms. The fourth-order valence-electron chi connectivity index (χ4n) is 5.34. The molecule has 1 amide bonds. The summed E-state index contributed by atoms with van der Waals surface area (Å²) in [5, 5.41) is 0. The smallest absolute Gasteiger partial charge is 0.289 e. The van der Waals surface area contributed by atoms with E-state index in [1.807, 2.05) is 12.1 Å². The van der Waals surface area contributed by atoms with Gasteiger partial charge in [-0.15, -0.1) is 0 Å². The molecular weight excluding hydrogens is 328 g/mol. The van der Waals surface area contributed by atoms with E-state index in [0.29, 0.717) is 29.7 Å². The summed E-state index contributed by atoms with van der Waals surface area (Å²) in [7, 11) is 1.69. The molecule has 136 valence electrons. The zero-order valence-corrected chi connectivity index (χ0v) is 15.0. The van der Waals surface area contributed by atoms with Crippen molar-refractivity contribution in [3.63, 3.8) is 0 Å². The van der Waals surface area contributed by atoms with Gasteiger partial charge in [-0.05, 0) is 61.7 Å². The average Bonchev–Trinajstić information content (AvgIpc) is 3.38. The van der Waals surface area contributed by atoms with E-state index in [1.165, 1.54) is 18.4 Å². The van der Waals surface area contributed by atoms with Gasteiger partial charge in [-0.3, -0.25) is 9.69 Å². The van der Waals surface area contributed by atoms with E-state index < -0.39 is 0 Å². The van der Waals surface area contributed by atoms with Crippen LogP contribution in [0.4, 0.5) is 0 Å². The molecule has 5 heterocycles. The molecule has 5 nitrogen and oxygen atoms in total. The largest absolute Gasteiger partial charge is 0.497 e. The highest BCUT2D eigenvalue weighted by atomic mass is 16.5. The molecule has 4 saturated heterocycles. The summed E-state index contributed by atoms with van der Waals surface area (Å²) < 4.78 is 10.7. The van der Waals surface area contributed by atoms with Gasteiger partial charge in [0.05, 0.1) is 19.4 Å². The first-order valence-electron chi connectivity index (χ1n) is 9.49. The number of hydrogen-bond donors (Lipinski definition) is 0. The zero-order chi connectivity index (χ0) is 17.7. The van der Waals surface area contributed by atoms with Crippen molar-refractivity contribution in [2.75, 3.05) is 26.7 Å². The summed E-state index contributed by atoms with van der Waals surface area (Å²) in [6, 6.07) is 12.6. The maximum absolute atomic E-state index is 13.1. The van der Waals surface area contributed by atoms with Crippen molar-refractivity contribution in [3.05, 3.63) is 54.0 Å². The van der Waals surface area contributed by atoms with Crippen molar-refractivity contribution in [2.24, 2.45) is 5.92 Å². The summed E-state index contributed by atoms with van der Waals surface area (Å²) in [4.78, 5) is 17.8. The molecule has 0 aliphatic carbocycles. The van der Waals surface area contributed by atoms with Gasteiger partial charge in [0, 0.05) is 18.5 Å². The van der Waals surface area contributed by atoms with Gasteiger partial charge in [0.1, 0.15) is 5.75 Å². The molecule has 5 heteroatoms. The Morgan fingerprint density at radius 3 is 2.54 bits per heavy atom. The highest BCUT2D eigenvalue weighted by Gasteiger charge is 2.54. The third-order valence-electron chi connectivity index (χ3n) is 6.53. The van der Waals surface area contributed by atoms with Gasteiger partial charge < -0.3 is 14.1 Å². The molecule has 1 aromatic heterocycles. The van der Waals surface area contributed by atoms with Crippen LogP contribution in [0.2, 0.25) is 0 Å². The van der Waals surface area contributed by atoms with Crippen LogP contribution in [-0.2, 0) is 0 Å². The Bertz CT molecular complexity index is 778. The van der Waals surface area contributed by atoms with E-state index in [-0.39, 0.29) is 5.91 Å². The minimum atomic E-state index is 0.0368. The van der Waals surface area contributed by atoms with Crippen molar-refractivity contribution in [2.45, 2.75) is 30.8 Å². The first-order valence-corrected chi connectivity index (χ1v) is 9.49. The molecular formula is C21H24N2O3. The van der Waals surface area contributed by atoms with Gasteiger partial charge in [-0.1, -0.05) is 12.1 Å². The molecule has 0 unspecified atom stereocenters. The van der Waals surface area contributed by atoms with Crippen molar-refractivity contribution < 1.29 is 13.9 Å². The Balaban J connectivity index is 1.51. The number of fused-ring (bicyclic) bond motifs is 2. The predicted molar refractivity (Wildman–Crippen MR) is 97.4 cm³/mol. The van der Waals surface area contributed by atoms with E-state index in [1.54, 1.807) is 25.5 Å². The van der Waals surface area contributed by atoms with Crippen LogP contribution in [0.5, 0.6) is 5.75 Å². The van der Waals surface area contributed by atoms with Crippen LogP contribution in [-0.4, -0.2) is 54.5 Å². The van der Waals surface area contributed by atoms with E-state index in [0.717, 1.165) is 25.4 Å². The summed E-state index contributed by atoms with van der Waals surface area (Å²) in [5.41, 5.74) is 1.29. The number of furan rings is 1. The molecule has 4 aliphatic rings.